The molecule has 0 aromatic heterocycles. The molecule has 1 aliphatic rings. The number of carbonyl (C=O) groups is 1. The summed E-state index contributed by atoms with van der Waals surface area (Å²) < 4.78 is 0. The van der Waals surface area contributed by atoms with E-state index in [1.165, 1.54) is 11.3 Å². The molecule has 1 saturated heterocycles. The van der Waals surface area contributed by atoms with Gasteiger partial charge in [-0.1, -0.05) is 12.1 Å². The van der Waals surface area contributed by atoms with Crippen molar-refractivity contribution in [2.24, 2.45) is 5.73 Å². The SMILES string of the molecule is Cc1cccc(NC2CCN(C(=O)CCC(C)N)CC2)c1. The van der Waals surface area contributed by atoms with E-state index in [1.807, 2.05) is 11.8 Å². The number of carbonyl (C=O) groups excluding carboxylic acids is 1. The largest absolute Gasteiger partial charge is 0.382 e. The summed E-state index contributed by atoms with van der Waals surface area (Å²) in [6, 6.07) is 9.02. The molecule has 1 amide bonds. The highest BCUT2D eigenvalue weighted by molar-refractivity contribution is 5.76. The third-order valence-electron chi connectivity index (χ3n) is 4.05. The molecule has 0 spiro atoms. The molecule has 4 heteroatoms. The topological polar surface area (TPSA) is 58.4 Å². The molecule has 1 aliphatic heterocycles. The number of benzene rings is 1. The lowest BCUT2D eigenvalue weighted by Crippen LogP contribution is -2.42. The summed E-state index contributed by atoms with van der Waals surface area (Å²) in [4.78, 5) is 14.0. The van der Waals surface area contributed by atoms with E-state index in [2.05, 4.69) is 36.5 Å². The Bertz CT molecular complexity index is 465. The van der Waals surface area contributed by atoms with Gasteiger partial charge in [-0.25, -0.2) is 0 Å². The number of hydrogen-bond acceptors (Lipinski definition) is 3. The second-order valence-corrected chi connectivity index (χ2v) is 6.18. The molecule has 0 radical (unpaired) electrons. The van der Waals surface area contributed by atoms with Crippen molar-refractivity contribution in [1.29, 1.82) is 0 Å². The average Bonchev–Trinajstić information content (AvgIpc) is 2.45. The molecule has 1 fully saturated rings. The summed E-state index contributed by atoms with van der Waals surface area (Å²) in [7, 11) is 0. The second-order valence-electron chi connectivity index (χ2n) is 6.18. The van der Waals surface area contributed by atoms with Crippen LogP contribution in [0.1, 0.15) is 38.2 Å². The number of amides is 1. The Balaban J connectivity index is 1.76. The monoisotopic (exact) mass is 289 g/mol. The standard InChI is InChI=1S/C17H27N3O/c1-13-4-3-5-16(12-13)19-15-8-10-20(11-9-15)17(21)7-6-14(2)18/h3-5,12,14-15,19H,6-11,18H2,1-2H3. The quantitative estimate of drug-likeness (QED) is 0.875. The van der Waals surface area contributed by atoms with Crippen LogP contribution in [0, 0.1) is 6.92 Å². The predicted molar refractivity (Wildman–Crippen MR) is 87.3 cm³/mol. The van der Waals surface area contributed by atoms with Gasteiger partial charge in [0.1, 0.15) is 0 Å². The highest BCUT2D eigenvalue weighted by Gasteiger charge is 2.22. The summed E-state index contributed by atoms with van der Waals surface area (Å²) in [5.74, 6) is 0.251. The molecule has 3 N–H and O–H groups in total. The number of likely N-dealkylation sites (tertiary alicyclic amines) is 1. The van der Waals surface area contributed by atoms with E-state index in [9.17, 15) is 4.79 Å². The molecule has 116 valence electrons. The summed E-state index contributed by atoms with van der Waals surface area (Å²) in [6.45, 7) is 5.75. The summed E-state index contributed by atoms with van der Waals surface area (Å²) in [5, 5.41) is 3.57. The highest BCUT2D eigenvalue weighted by atomic mass is 16.2. The molecule has 21 heavy (non-hydrogen) atoms. The number of nitrogens with two attached hydrogens (primary N) is 1. The number of rotatable bonds is 5. The van der Waals surface area contributed by atoms with Gasteiger partial charge in [0.25, 0.3) is 0 Å². The molecule has 0 aliphatic carbocycles. The maximum Gasteiger partial charge on any atom is 0.222 e. The average molecular weight is 289 g/mol. The molecule has 1 heterocycles. The minimum Gasteiger partial charge on any atom is -0.382 e. The van der Waals surface area contributed by atoms with Crippen LogP contribution in [0.4, 0.5) is 5.69 Å². The summed E-state index contributed by atoms with van der Waals surface area (Å²) in [5.41, 5.74) is 8.15. The van der Waals surface area contributed by atoms with E-state index in [4.69, 9.17) is 5.73 Å². The summed E-state index contributed by atoms with van der Waals surface area (Å²) >= 11 is 0. The zero-order valence-electron chi connectivity index (χ0n) is 13.1. The normalized spacial score (nSPS) is 17.6. The number of aryl methyl sites for hydroxylation is 1. The molecule has 1 aromatic rings. The van der Waals surface area contributed by atoms with Gasteiger partial charge >= 0.3 is 0 Å². The van der Waals surface area contributed by atoms with Crippen molar-refractivity contribution in [3.8, 4) is 0 Å². The minimum absolute atomic E-state index is 0.106. The van der Waals surface area contributed by atoms with E-state index in [0.29, 0.717) is 12.5 Å². The van der Waals surface area contributed by atoms with Crippen molar-refractivity contribution >= 4 is 11.6 Å². The fourth-order valence-corrected chi connectivity index (χ4v) is 2.75. The molecule has 1 unspecified atom stereocenters. The maximum absolute atomic E-state index is 12.1. The van der Waals surface area contributed by atoms with Gasteiger partial charge in [-0.3, -0.25) is 4.79 Å². The molecule has 0 bridgehead atoms. The maximum atomic E-state index is 12.1. The molecule has 0 saturated carbocycles. The van der Waals surface area contributed by atoms with Crippen LogP contribution in [-0.4, -0.2) is 36.0 Å². The van der Waals surface area contributed by atoms with Crippen LogP contribution in [0.5, 0.6) is 0 Å². The van der Waals surface area contributed by atoms with Crippen LogP contribution in [0.25, 0.3) is 0 Å². The van der Waals surface area contributed by atoms with E-state index < -0.39 is 0 Å². The Labute approximate surface area is 127 Å². The van der Waals surface area contributed by atoms with Crippen LogP contribution in [0.2, 0.25) is 0 Å². The molecular formula is C17H27N3O. The first-order valence-corrected chi connectivity index (χ1v) is 7.91. The van der Waals surface area contributed by atoms with Crippen molar-refractivity contribution in [2.45, 2.75) is 51.6 Å². The fourth-order valence-electron chi connectivity index (χ4n) is 2.75. The van der Waals surface area contributed by atoms with Gasteiger partial charge in [-0.15, -0.1) is 0 Å². The van der Waals surface area contributed by atoms with Crippen molar-refractivity contribution < 1.29 is 4.79 Å². The lowest BCUT2D eigenvalue weighted by atomic mass is 10.0. The van der Waals surface area contributed by atoms with Crippen LogP contribution in [0.3, 0.4) is 0 Å². The van der Waals surface area contributed by atoms with Crippen LogP contribution >= 0.6 is 0 Å². The smallest absolute Gasteiger partial charge is 0.222 e. The lowest BCUT2D eigenvalue weighted by Gasteiger charge is -2.33. The fraction of sp³-hybridized carbons (Fsp3) is 0.588. The van der Waals surface area contributed by atoms with Gasteiger partial charge in [-0.2, -0.15) is 0 Å². The van der Waals surface area contributed by atoms with Crippen LogP contribution < -0.4 is 11.1 Å². The number of nitrogens with zero attached hydrogens (tertiary/aromatic N) is 1. The predicted octanol–water partition coefficient (Wildman–Crippen LogP) is 2.53. The number of anilines is 1. The van der Waals surface area contributed by atoms with E-state index in [1.54, 1.807) is 0 Å². The molecule has 1 aromatic carbocycles. The summed E-state index contributed by atoms with van der Waals surface area (Å²) in [6.07, 6.45) is 3.38. The van der Waals surface area contributed by atoms with Crippen molar-refractivity contribution in [3.05, 3.63) is 29.8 Å². The van der Waals surface area contributed by atoms with Gasteiger partial charge in [-0.05, 0) is 50.8 Å². The minimum atomic E-state index is 0.106. The van der Waals surface area contributed by atoms with E-state index in [0.717, 1.165) is 32.4 Å². The number of piperidine rings is 1. The first kappa shape index (κ1) is 15.8. The Morgan fingerprint density at radius 3 is 2.76 bits per heavy atom. The van der Waals surface area contributed by atoms with Gasteiger partial charge < -0.3 is 16.0 Å². The third kappa shape index (κ3) is 5.05. The van der Waals surface area contributed by atoms with Gasteiger partial charge in [0, 0.05) is 37.3 Å². The lowest BCUT2D eigenvalue weighted by molar-refractivity contribution is -0.132. The van der Waals surface area contributed by atoms with Crippen LogP contribution in [-0.2, 0) is 4.79 Å². The van der Waals surface area contributed by atoms with E-state index in [-0.39, 0.29) is 11.9 Å². The molecule has 2 rings (SSSR count). The van der Waals surface area contributed by atoms with Gasteiger partial charge in [0.15, 0.2) is 0 Å². The Morgan fingerprint density at radius 1 is 1.43 bits per heavy atom. The highest BCUT2D eigenvalue weighted by Crippen LogP contribution is 2.18. The van der Waals surface area contributed by atoms with Crippen molar-refractivity contribution in [2.75, 3.05) is 18.4 Å². The first-order chi connectivity index (χ1) is 10.0. The van der Waals surface area contributed by atoms with Gasteiger partial charge in [0.2, 0.25) is 5.91 Å². The molecule has 4 nitrogen and oxygen atoms in total. The number of hydrogen-bond donors (Lipinski definition) is 2. The van der Waals surface area contributed by atoms with Gasteiger partial charge in [0.05, 0.1) is 0 Å². The van der Waals surface area contributed by atoms with Crippen molar-refractivity contribution in [1.82, 2.24) is 4.90 Å². The van der Waals surface area contributed by atoms with E-state index >= 15 is 0 Å². The third-order valence-corrected chi connectivity index (χ3v) is 4.05. The zero-order valence-corrected chi connectivity index (χ0v) is 13.1. The number of nitrogens with one attached hydrogen (secondary N) is 1. The Kier molecular flexibility index (Phi) is 5.62. The molecular weight excluding hydrogens is 262 g/mol. The first-order valence-electron chi connectivity index (χ1n) is 7.91. The zero-order chi connectivity index (χ0) is 15.2. The van der Waals surface area contributed by atoms with Crippen molar-refractivity contribution in [3.63, 3.8) is 0 Å². The Hall–Kier alpha value is -1.55. The second kappa shape index (κ2) is 7.46. The Morgan fingerprint density at radius 2 is 2.14 bits per heavy atom. The van der Waals surface area contributed by atoms with Crippen LogP contribution in [0.15, 0.2) is 24.3 Å². The molecule has 1 atom stereocenters.